The molecule has 5 nitrogen and oxygen atoms in total. The maximum absolute atomic E-state index is 12.1. The number of nitro benzene ring substituents is 1. The summed E-state index contributed by atoms with van der Waals surface area (Å²) in [6.07, 6.45) is 0.642. The van der Waals surface area contributed by atoms with Gasteiger partial charge in [-0.05, 0) is 12.0 Å². The Kier molecular flexibility index (Phi) is 3.23. The first-order valence-corrected chi connectivity index (χ1v) is 5.78. The predicted molar refractivity (Wildman–Crippen MR) is 68.0 cm³/mol. The van der Waals surface area contributed by atoms with E-state index in [-0.39, 0.29) is 17.4 Å². The van der Waals surface area contributed by atoms with Gasteiger partial charge in [-0.1, -0.05) is 19.1 Å². The van der Waals surface area contributed by atoms with Crippen molar-refractivity contribution in [2.75, 3.05) is 7.05 Å². The standard InChI is InChI=1S/C13H14N2O3/c1-8-6-11(14-2)12(13(8)16)9-4-3-5-10(7-9)15(17)18/h3-5,7-8,12H,6H2,1-2H3. The van der Waals surface area contributed by atoms with E-state index in [1.165, 1.54) is 12.1 Å². The van der Waals surface area contributed by atoms with Gasteiger partial charge in [0, 0.05) is 30.8 Å². The quantitative estimate of drug-likeness (QED) is 0.594. The molecule has 1 aromatic carbocycles. The summed E-state index contributed by atoms with van der Waals surface area (Å²) in [7, 11) is 1.66. The molecule has 0 bridgehead atoms. The highest BCUT2D eigenvalue weighted by Gasteiger charge is 2.37. The van der Waals surface area contributed by atoms with Crippen LogP contribution in [0.1, 0.15) is 24.8 Å². The number of ketones is 1. The maximum atomic E-state index is 12.1. The average molecular weight is 246 g/mol. The summed E-state index contributed by atoms with van der Waals surface area (Å²) in [6.45, 7) is 1.87. The fraction of sp³-hybridized carbons (Fsp3) is 0.385. The van der Waals surface area contributed by atoms with E-state index in [4.69, 9.17) is 0 Å². The van der Waals surface area contributed by atoms with Gasteiger partial charge in [0.25, 0.3) is 5.69 Å². The van der Waals surface area contributed by atoms with Crippen molar-refractivity contribution in [2.45, 2.75) is 19.3 Å². The average Bonchev–Trinajstić information content (AvgIpc) is 2.65. The molecule has 0 N–H and O–H groups in total. The topological polar surface area (TPSA) is 72.6 Å². The molecule has 94 valence electrons. The van der Waals surface area contributed by atoms with Gasteiger partial charge < -0.3 is 0 Å². The third kappa shape index (κ3) is 2.03. The number of nitro groups is 1. The van der Waals surface area contributed by atoms with Crippen LogP contribution < -0.4 is 0 Å². The fourth-order valence-electron chi connectivity index (χ4n) is 2.38. The zero-order chi connectivity index (χ0) is 13.3. The Morgan fingerprint density at radius 2 is 2.17 bits per heavy atom. The van der Waals surface area contributed by atoms with Crippen molar-refractivity contribution >= 4 is 17.2 Å². The van der Waals surface area contributed by atoms with Crippen LogP contribution in [0.2, 0.25) is 0 Å². The number of rotatable bonds is 2. The Hall–Kier alpha value is -2.04. The number of Topliss-reactive ketones (excluding diaryl/α,β-unsaturated/α-hetero) is 1. The first kappa shape index (κ1) is 12.4. The molecule has 2 unspecified atom stereocenters. The smallest absolute Gasteiger partial charge is 0.269 e. The number of aliphatic imine (C=N–C) groups is 1. The van der Waals surface area contributed by atoms with Crippen LogP contribution in [0.5, 0.6) is 0 Å². The van der Waals surface area contributed by atoms with Crippen LogP contribution in [0.3, 0.4) is 0 Å². The molecule has 0 aromatic heterocycles. The summed E-state index contributed by atoms with van der Waals surface area (Å²) in [5.74, 6) is -0.381. The molecule has 1 saturated carbocycles. The predicted octanol–water partition coefficient (Wildman–Crippen LogP) is 2.36. The number of benzene rings is 1. The molecule has 1 aromatic rings. The van der Waals surface area contributed by atoms with E-state index in [0.29, 0.717) is 12.0 Å². The van der Waals surface area contributed by atoms with Gasteiger partial charge in [0.1, 0.15) is 5.78 Å². The van der Waals surface area contributed by atoms with E-state index in [2.05, 4.69) is 4.99 Å². The van der Waals surface area contributed by atoms with Crippen molar-refractivity contribution in [3.63, 3.8) is 0 Å². The summed E-state index contributed by atoms with van der Waals surface area (Å²) in [6, 6.07) is 6.25. The van der Waals surface area contributed by atoms with Crippen LogP contribution in [-0.2, 0) is 4.79 Å². The number of hydrogen-bond acceptors (Lipinski definition) is 4. The number of nitrogens with zero attached hydrogens (tertiary/aromatic N) is 2. The van der Waals surface area contributed by atoms with Crippen molar-refractivity contribution in [2.24, 2.45) is 10.9 Å². The van der Waals surface area contributed by atoms with Gasteiger partial charge in [-0.3, -0.25) is 19.9 Å². The highest BCUT2D eigenvalue weighted by atomic mass is 16.6. The third-order valence-electron chi connectivity index (χ3n) is 3.32. The Balaban J connectivity index is 2.44. The number of non-ortho nitro benzene ring substituents is 1. The summed E-state index contributed by atoms with van der Waals surface area (Å²) in [4.78, 5) is 26.6. The van der Waals surface area contributed by atoms with Crippen LogP contribution >= 0.6 is 0 Å². The molecule has 0 spiro atoms. The second-order valence-electron chi connectivity index (χ2n) is 4.51. The molecule has 1 fully saturated rings. The molecule has 5 heteroatoms. The molecule has 0 amide bonds. The van der Waals surface area contributed by atoms with Crippen LogP contribution in [0.15, 0.2) is 29.3 Å². The molecule has 1 aliphatic carbocycles. The highest BCUT2D eigenvalue weighted by Crippen LogP contribution is 2.34. The Labute approximate surface area is 105 Å². The van der Waals surface area contributed by atoms with E-state index < -0.39 is 10.8 Å². The Morgan fingerprint density at radius 3 is 2.78 bits per heavy atom. The molecular weight excluding hydrogens is 232 g/mol. The fourth-order valence-corrected chi connectivity index (χ4v) is 2.38. The maximum Gasteiger partial charge on any atom is 0.269 e. The van der Waals surface area contributed by atoms with Gasteiger partial charge in [0.2, 0.25) is 0 Å². The number of carbonyl (C=O) groups excluding carboxylic acids is 1. The third-order valence-corrected chi connectivity index (χ3v) is 3.32. The van der Waals surface area contributed by atoms with Crippen LogP contribution in [0, 0.1) is 16.0 Å². The number of hydrogen-bond donors (Lipinski definition) is 0. The zero-order valence-corrected chi connectivity index (χ0v) is 10.3. The van der Waals surface area contributed by atoms with E-state index in [9.17, 15) is 14.9 Å². The molecule has 0 radical (unpaired) electrons. The van der Waals surface area contributed by atoms with Gasteiger partial charge in [-0.25, -0.2) is 0 Å². The van der Waals surface area contributed by atoms with Crippen LogP contribution in [-0.4, -0.2) is 23.5 Å². The molecule has 2 rings (SSSR count). The van der Waals surface area contributed by atoms with E-state index in [0.717, 1.165) is 5.71 Å². The van der Waals surface area contributed by atoms with Gasteiger partial charge >= 0.3 is 0 Å². The van der Waals surface area contributed by atoms with E-state index >= 15 is 0 Å². The SMILES string of the molecule is CN=C1CC(C)C(=O)C1c1cccc([N+](=O)[O-])c1. The van der Waals surface area contributed by atoms with Crippen molar-refractivity contribution in [3.8, 4) is 0 Å². The summed E-state index contributed by atoms with van der Waals surface area (Å²) < 4.78 is 0. The highest BCUT2D eigenvalue weighted by molar-refractivity contribution is 6.16. The van der Waals surface area contributed by atoms with E-state index in [1.54, 1.807) is 19.2 Å². The van der Waals surface area contributed by atoms with Crippen LogP contribution in [0.25, 0.3) is 0 Å². The molecule has 1 aliphatic rings. The van der Waals surface area contributed by atoms with Gasteiger partial charge in [0.15, 0.2) is 0 Å². The minimum atomic E-state index is -0.449. The summed E-state index contributed by atoms with van der Waals surface area (Å²) in [5.41, 5.74) is 1.49. The first-order chi connectivity index (χ1) is 8.54. The summed E-state index contributed by atoms with van der Waals surface area (Å²) >= 11 is 0. The lowest BCUT2D eigenvalue weighted by atomic mass is 9.94. The lowest BCUT2D eigenvalue weighted by molar-refractivity contribution is -0.384. The molecule has 2 atom stereocenters. The normalized spacial score (nSPS) is 25.7. The van der Waals surface area contributed by atoms with Crippen molar-refractivity contribution in [1.82, 2.24) is 0 Å². The molecular formula is C13H14N2O3. The molecule has 0 saturated heterocycles. The lowest BCUT2D eigenvalue weighted by Crippen LogP contribution is -2.14. The molecule has 0 heterocycles. The Morgan fingerprint density at radius 1 is 1.44 bits per heavy atom. The minimum Gasteiger partial charge on any atom is -0.298 e. The monoisotopic (exact) mass is 246 g/mol. The summed E-state index contributed by atoms with van der Waals surface area (Å²) in [5, 5.41) is 10.8. The second kappa shape index (κ2) is 4.68. The van der Waals surface area contributed by atoms with Gasteiger partial charge in [-0.15, -0.1) is 0 Å². The Bertz CT molecular complexity index is 537. The molecule has 0 aliphatic heterocycles. The largest absolute Gasteiger partial charge is 0.298 e. The van der Waals surface area contributed by atoms with E-state index in [1.807, 2.05) is 6.92 Å². The number of carbonyl (C=O) groups is 1. The van der Waals surface area contributed by atoms with Crippen molar-refractivity contribution in [3.05, 3.63) is 39.9 Å². The zero-order valence-electron chi connectivity index (χ0n) is 10.3. The minimum absolute atomic E-state index is 0.00954. The van der Waals surface area contributed by atoms with Gasteiger partial charge in [0.05, 0.1) is 10.8 Å². The van der Waals surface area contributed by atoms with Gasteiger partial charge in [-0.2, -0.15) is 0 Å². The lowest BCUT2D eigenvalue weighted by Gasteiger charge is -2.09. The van der Waals surface area contributed by atoms with Crippen molar-refractivity contribution in [1.29, 1.82) is 0 Å². The molecule has 18 heavy (non-hydrogen) atoms. The second-order valence-corrected chi connectivity index (χ2v) is 4.51. The van der Waals surface area contributed by atoms with Crippen molar-refractivity contribution < 1.29 is 9.72 Å². The first-order valence-electron chi connectivity index (χ1n) is 5.78. The van der Waals surface area contributed by atoms with Crippen LogP contribution in [0.4, 0.5) is 5.69 Å².